The molecule has 3 N–H and O–H groups in total. The van der Waals surface area contributed by atoms with Crippen molar-refractivity contribution in [3.8, 4) is 5.75 Å². The van der Waals surface area contributed by atoms with Crippen LogP contribution in [0.15, 0.2) is 24.3 Å². The molecule has 1 aromatic carbocycles. The Kier molecular flexibility index (Phi) is 3.22. The number of hydrogen-bond acceptors (Lipinski definition) is 3. The molecule has 5 heteroatoms. The van der Waals surface area contributed by atoms with Crippen molar-refractivity contribution < 1.29 is 14.7 Å². The van der Waals surface area contributed by atoms with Gasteiger partial charge in [0.2, 0.25) is 11.8 Å². The number of amides is 2. The fraction of sp³-hybridized carbons (Fsp3) is 0.429. The van der Waals surface area contributed by atoms with Crippen LogP contribution >= 0.6 is 0 Å². The number of rotatable bonds is 1. The monoisotopic (exact) mass is 262 g/mol. The van der Waals surface area contributed by atoms with Crippen LogP contribution in [-0.2, 0) is 9.59 Å². The first kappa shape index (κ1) is 13.4. The molecule has 102 valence electrons. The predicted octanol–water partition coefficient (Wildman–Crippen LogP) is 1.09. The van der Waals surface area contributed by atoms with E-state index in [-0.39, 0.29) is 23.0 Å². The number of nitrogens with one attached hydrogen (secondary N) is 2. The third-order valence-corrected chi connectivity index (χ3v) is 3.19. The van der Waals surface area contributed by atoms with Crippen LogP contribution in [0.25, 0.3) is 0 Å². The van der Waals surface area contributed by atoms with E-state index in [1.165, 1.54) is 12.1 Å². The molecular formula is C14H18N2O3. The number of piperazine rings is 1. The van der Waals surface area contributed by atoms with Crippen LogP contribution in [0.3, 0.4) is 0 Å². The highest BCUT2D eigenvalue weighted by Gasteiger charge is 2.40. The van der Waals surface area contributed by atoms with Crippen LogP contribution in [0.1, 0.15) is 32.4 Å². The van der Waals surface area contributed by atoms with E-state index in [1.807, 2.05) is 20.8 Å². The zero-order valence-corrected chi connectivity index (χ0v) is 11.2. The topological polar surface area (TPSA) is 78.4 Å². The van der Waals surface area contributed by atoms with E-state index in [9.17, 15) is 14.7 Å². The Balaban J connectivity index is 2.21. The molecule has 2 atom stereocenters. The maximum atomic E-state index is 12.1. The molecule has 1 saturated heterocycles. The first-order valence-electron chi connectivity index (χ1n) is 6.19. The smallest absolute Gasteiger partial charge is 0.247 e. The third-order valence-electron chi connectivity index (χ3n) is 3.19. The van der Waals surface area contributed by atoms with Gasteiger partial charge >= 0.3 is 0 Å². The summed E-state index contributed by atoms with van der Waals surface area (Å²) >= 11 is 0. The van der Waals surface area contributed by atoms with Gasteiger partial charge in [-0.25, -0.2) is 0 Å². The van der Waals surface area contributed by atoms with Gasteiger partial charge < -0.3 is 15.7 Å². The second-order valence-electron chi connectivity index (χ2n) is 5.84. The molecule has 2 rings (SSSR count). The molecule has 2 amide bonds. The lowest BCUT2D eigenvalue weighted by Gasteiger charge is -2.36. The average Bonchev–Trinajstić information content (AvgIpc) is 2.31. The standard InChI is InChI=1S/C14H18N2O3/c1-14(2,3)11-13(19)15-10(12(18)16-11)8-4-6-9(17)7-5-8/h4-7,10-11,17H,1-3H3,(H,15,19)(H,16,18)/t10-,11-/m1/s1. The normalized spacial score (nSPS) is 23.7. The van der Waals surface area contributed by atoms with Crippen molar-refractivity contribution >= 4 is 11.8 Å². The SMILES string of the molecule is CC(C)(C)[C@@H]1NC(=O)[C@@H](c2ccc(O)cc2)NC1=O. The average molecular weight is 262 g/mol. The molecule has 0 aromatic heterocycles. The maximum Gasteiger partial charge on any atom is 0.247 e. The summed E-state index contributed by atoms with van der Waals surface area (Å²) in [4.78, 5) is 24.2. The summed E-state index contributed by atoms with van der Waals surface area (Å²) in [5.74, 6) is -0.297. The number of phenols is 1. The van der Waals surface area contributed by atoms with Gasteiger partial charge in [-0.1, -0.05) is 32.9 Å². The van der Waals surface area contributed by atoms with Crippen LogP contribution in [0.2, 0.25) is 0 Å². The molecule has 0 unspecified atom stereocenters. The molecule has 0 spiro atoms. The largest absolute Gasteiger partial charge is 0.508 e. The molecule has 0 aliphatic carbocycles. The van der Waals surface area contributed by atoms with Crippen molar-refractivity contribution in [1.82, 2.24) is 10.6 Å². The molecule has 5 nitrogen and oxygen atoms in total. The summed E-state index contributed by atoms with van der Waals surface area (Å²) in [5.41, 5.74) is 0.315. The molecule has 19 heavy (non-hydrogen) atoms. The van der Waals surface area contributed by atoms with Crippen LogP contribution in [-0.4, -0.2) is 23.0 Å². The maximum absolute atomic E-state index is 12.1. The molecule has 0 radical (unpaired) electrons. The van der Waals surface area contributed by atoms with Gasteiger partial charge in [-0.05, 0) is 23.1 Å². The quantitative estimate of drug-likeness (QED) is 0.709. The lowest BCUT2D eigenvalue weighted by Crippen LogP contribution is -2.61. The summed E-state index contributed by atoms with van der Waals surface area (Å²) in [7, 11) is 0. The predicted molar refractivity (Wildman–Crippen MR) is 70.4 cm³/mol. The van der Waals surface area contributed by atoms with Crippen molar-refractivity contribution in [2.75, 3.05) is 0 Å². The highest BCUT2D eigenvalue weighted by atomic mass is 16.3. The van der Waals surface area contributed by atoms with E-state index in [0.717, 1.165) is 0 Å². The minimum Gasteiger partial charge on any atom is -0.508 e. The molecule has 1 fully saturated rings. The molecule has 1 aliphatic rings. The van der Waals surface area contributed by atoms with Gasteiger partial charge in [-0.2, -0.15) is 0 Å². The lowest BCUT2D eigenvalue weighted by atomic mass is 9.84. The Morgan fingerprint density at radius 2 is 1.58 bits per heavy atom. The second-order valence-corrected chi connectivity index (χ2v) is 5.84. The van der Waals surface area contributed by atoms with E-state index in [2.05, 4.69) is 10.6 Å². The number of aromatic hydroxyl groups is 1. The molecule has 1 aliphatic heterocycles. The molecule has 1 aromatic rings. The van der Waals surface area contributed by atoms with E-state index in [1.54, 1.807) is 12.1 Å². The first-order valence-corrected chi connectivity index (χ1v) is 6.19. The Morgan fingerprint density at radius 3 is 2.11 bits per heavy atom. The van der Waals surface area contributed by atoms with Crippen molar-refractivity contribution in [2.24, 2.45) is 5.41 Å². The summed E-state index contributed by atoms with van der Waals surface area (Å²) in [6.07, 6.45) is 0. The Hall–Kier alpha value is -2.04. The Bertz CT molecular complexity index is 502. The van der Waals surface area contributed by atoms with Crippen molar-refractivity contribution in [3.63, 3.8) is 0 Å². The Morgan fingerprint density at radius 1 is 1.00 bits per heavy atom. The summed E-state index contributed by atoms with van der Waals surface area (Å²) in [5, 5.41) is 14.7. The van der Waals surface area contributed by atoms with Gasteiger partial charge in [0.25, 0.3) is 0 Å². The molecule has 0 bridgehead atoms. The zero-order valence-electron chi connectivity index (χ0n) is 11.2. The first-order chi connectivity index (χ1) is 8.79. The lowest BCUT2D eigenvalue weighted by molar-refractivity contribution is -0.139. The zero-order chi connectivity index (χ0) is 14.2. The van der Waals surface area contributed by atoms with Gasteiger partial charge in [-0.3, -0.25) is 9.59 Å². The second kappa shape index (κ2) is 4.57. The van der Waals surface area contributed by atoms with Crippen LogP contribution < -0.4 is 10.6 Å². The number of benzene rings is 1. The number of carbonyl (C=O) groups excluding carboxylic acids is 2. The highest BCUT2D eigenvalue weighted by molar-refractivity contribution is 5.97. The number of carbonyl (C=O) groups is 2. The van der Waals surface area contributed by atoms with Crippen molar-refractivity contribution in [1.29, 1.82) is 0 Å². The van der Waals surface area contributed by atoms with E-state index < -0.39 is 12.1 Å². The number of phenolic OH excluding ortho intramolecular Hbond substituents is 1. The van der Waals surface area contributed by atoms with E-state index in [4.69, 9.17) is 0 Å². The van der Waals surface area contributed by atoms with Crippen molar-refractivity contribution in [2.45, 2.75) is 32.9 Å². The van der Waals surface area contributed by atoms with Gasteiger partial charge in [0.1, 0.15) is 17.8 Å². The van der Waals surface area contributed by atoms with E-state index in [0.29, 0.717) is 5.56 Å². The van der Waals surface area contributed by atoms with Gasteiger partial charge in [-0.15, -0.1) is 0 Å². The number of hydrogen-bond donors (Lipinski definition) is 3. The molecular weight excluding hydrogens is 244 g/mol. The fourth-order valence-electron chi connectivity index (χ4n) is 2.09. The fourth-order valence-corrected chi connectivity index (χ4v) is 2.09. The van der Waals surface area contributed by atoms with Crippen LogP contribution in [0.4, 0.5) is 0 Å². The van der Waals surface area contributed by atoms with Gasteiger partial charge in [0.05, 0.1) is 0 Å². The van der Waals surface area contributed by atoms with Crippen LogP contribution in [0, 0.1) is 5.41 Å². The highest BCUT2D eigenvalue weighted by Crippen LogP contribution is 2.25. The summed E-state index contributed by atoms with van der Waals surface area (Å²) in [6.45, 7) is 5.70. The minimum atomic E-state index is -0.702. The van der Waals surface area contributed by atoms with Gasteiger partial charge in [0.15, 0.2) is 0 Å². The molecule has 0 saturated carbocycles. The summed E-state index contributed by atoms with van der Waals surface area (Å²) in [6, 6.07) is 4.99. The van der Waals surface area contributed by atoms with Crippen molar-refractivity contribution in [3.05, 3.63) is 29.8 Å². The Labute approximate surface area is 112 Å². The minimum absolute atomic E-state index is 0.124. The van der Waals surface area contributed by atoms with E-state index >= 15 is 0 Å². The molecule has 1 heterocycles. The van der Waals surface area contributed by atoms with Gasteiger partial charge in [0, 0.05) is 0 Å². The summed E-state index contributed by atoms with van der Waals surface area (Å²) < 4.78 is 0. The van der Waals surface area contributed by atoms with Crippen LogP contribution in [0.5, 0.6) is 5.75 Å². The third kappa shape index (κ3) is 2.70.